The molecule has 2 heteroatoms. The van der Waals surface area contributed by atoms with Gasteiger partial charge in [0.25, 0.3) is 0 Å². The van der Waals surface area contributed by atoms with Crippen LogP contribution < -0.4 is 0 Å². The van der Waals surface area contributed by atoms with Gasteiger partial charge in [-0.15, -0.1) is 0 Å². The molecule has 2 aromatic rings. The zero-order valence-electron chi connectivity index (χ0n) is 16.3. The van der Waals surface area contributed by atoms with Gasteiger partial charge in [-0.25, -0.2) is 4.79 Å². The summed E-state index contributed by atoms with van der Waals surface area (Å²) in [6, 6.07) is 14.3. The molecule has 0 amide bonds. The minimum Gasteiger partial charge on any atom is -0.478 e. The van der Waals surface area contributed by atoms with E-state index in [1.54, 1.807) is 6.07 Å². The summed E-state index contributed by atoms with van der Waals surface area (Å²) in [5.41, 5.74) is 4.98. The van der Waals surface area contributed by atoms with Gasteiger partial charge < -0.3 is 5.11 Å². The van der Waals surface area contributed by atoms with Crippen LogP contribution in [-0.2, 0) is 12.8 Å². The number of rotatable bonds is 11. The monoisotopic (exact) mass is 352 g/mol. The standard InChI is InChI=1S/C24H32O2/c1-3-5-7-8-9-12-22-21(13-10-14-23(22)24(25)26)20-17-15-19(16-18-20)11-6-4-2/h10,13-18H,3-9,11-12H2,1-2H3,(H,25,26). The van der Waals surface area contributed by atoms with Gasteiger partial charge in [0.1, 0.15) is 0 Å². The Bertz CT molecular complexity index is 686. The molecule has 0 heterocycles. The lowest BCUT2D eigenvalue weighted by Gasteiger charge is -2.14. The molecule has 0 saturated carbocycles. The minimum atomic E-state index is -0.824. The van der Waals surface area contributed by atoms with Crippen molar-refractivity contribution in [3.05, 3.63) is 59.2 Å². The number of aromatic carboxylic acids is 1. The average molecular weight is 353 g/mol. The highest BCUT2D eigenvalue weighted by atomic mass is 16.4. The highest BCUT2D eigenvalue weighted by molar-refractivity contribution is 5.92. The summed E-state index contributed by atoms with van der Waals surface area (Å²) in [5.74, 6) is -0.824. The predicted octanol–water partition coefficient (Wildman–Crippen LogP) is 6.91. The van der Waals surface area contributed by atoms with Crippen molar-refractivity contribution in [3.8, 4) is 11.1 Å². The van der Waals surface area contributed by atoms with E-state index in [2.05, 4.69) is 44.2 Å². The molecule has 0 unspecified atom stereocenters. The maximum Gasteiger partial charge on any atom is 0.335 e. The maximum absolute atomic E-state index is 11.7. The Morgan fingerprint density at radius 2 is 1.50 bits per heavy atom. The maximum atomic E-state index is 11.7. The number of unbranched alkanes of at least 4 members (excludes halogenated alkanes) is 5. The second-order valence-corrected chi connectivity index (χ2v) is 7.10. The summed E-state index contributed by atoms with van der Waals surface area (Å²) in [5, 5.41) is 9.62. The van der Waals surface area contributed by atoms with Crippen molar-refractivity contribution in [1.29, 1.82) is 0 Å². The van der Waals surface area contributed by atoms with E-state index in [9.17, 15) is 9.90 Å². The highest BCUT2D eigenvalue weighted by Gasteiger charge is 2.14. The van der Waals surface area contributed by atoms with Gasteiger partial charge in [0.05, 0.1) is 5.56 Å². The zero-order chi connectivity index (χ0) is 18.8. The third-order valence-corrected chi connectivity index (χ3v) is 5.02. The molecule has 26 heavy (non-hydrogen) atoms. The molecule has 0 atom stereocenters. The Kier molecular flexibility index (Phi) is 8.40. The minimum absolute atomic E-state index is 0.452. The summed E-state index contributed by atoms with van der Waals surface area (Å²) >= 11 is 0. The van der Waals surface area contributed by atoms with E-state index in [1.807, 2.05) is 6.07 Å². The van der Waals surface area contributed by atoms with Crippen molar-refractivity contribution in [2.24, 2.45) is 0 Å². The first-order chi connectivity index (χ1) is 12.7. The third-order valence-electron chi connectivity index (χ3n) is 5.02. The number of hydrogen-bond acceptors (Lipinski definition) is 1. The topological polar surface area (TPSA) is 37.3 Å². The van der Waals surface area contributed by atoms with Crippen LogP contribution in [0, 0.1) is 0 Å². The van der Waals surface area contributed by atoms with E-state index in [4.69, 9.17) is 0 Å². The number of hydrogen-bond donors (Lipinski definition) is 1. The lowest BCUT2D eigenvalue weighted by atomic mass is 9.91. The van der Waals surface area contributed by atoms with Gasteiger partial charge in [0, 0.05) is 0 Å². The first-order valence-corrected chi connectivity index (χ1v) is 10.1. The van der Waals surface area contributed by atoms with E-state index >= 15 is 0 Å². The quantitative estimate of drug-likeness (QED) is 0.446. The fourth-order valence-corrected chi connectivity index (χ4v) is 3.46. The van der Waals surface area contributed by atoms with Crippen LogP contribution in [0.15, 0.2) is 42.5 Å². The molecule has 0 radical (unpaired) electrons. The van der Waals surface area contributed by atoms with E-state index in [1.165, 1.54) is 37.7 Å². The van der Waals surface area contributed by atoms with Crippen LogP contribution in [0.5, 0.6) is 0 Å². The van der Waals surface area contributed by atoms with E-state index in [-0.39, 0.29) is 0 Å². The molecule has 1 N–H and O–H groups in total. The number of carbonyl (C=O) groups is 1. The van der Waals surface area contributed by atoms with Crippen molar-refractivity contribution < 1.29 is 9.90 Å². The molecule has 2 nitrogen and oxygen atoms in total. The molecule has 0 aromatic heterocycles. The van der Waals surface area contributed by atoms with E-state index < -0.39 is 5.97 Å². The molecule has 0 spiro atoms. The van der Waals surface area contributed by atoms with Crippen LogP contribution in [0.3, 0.4) is 0 Å². The van der Waals surface area contributed by atoms with Gasteiger partial charge in [0.2, 0.25) is 0 Å². The van der Waals surface area contributed by atoms with Crippen molar-refractivity contribution in [1.82, 2.24) is 0 Å². The Morgan fingerprint density at radius 3 is 2.15 bits per heavy atom. The normalized spacial score (nSPS) is 10.8. The molecular formula is C24H32O2. The fourth-order valence-electron chi connectivity index (χ4n) is 3.46. The van der Waals surface area contributed by atoms with Gasteiger partial charge >= 0.3 is 5.97 Å². The van der Waals surface area contributed by atoms with E-state index in [0.29, 0.717) is 5.56 Å². The first-order valence-electron chi connectivity index (χ1n) is 10.1. The summed E-state index contributed by atoms with van der Waals surface area (Å²) in [6.07, 6.45) is 10.3. The van der Waals surface area contributed by atoms with E-state index in [0.717, 1.165) is 42.4 Å². The Labute approximate surface area is 158 Å². The van der Waals surface area contributed by atoms with Crippen molar-refractivity contribution >= 4 is 5.97 Å². The first kappa shape index (κ1) is 20.2. The molecule has 140 valence electrons. The van der Waals surface area contributed by atoms with Gasteiger partial charge in [0.15, 0.2) is 0 Å². The van der Waals surface area contributed by atoms with Crippen molar-refractivity contribution in [2.45, 2.75) is 71.6 Å². The summed E-state index contributed by atoms with van der Waals surface area (Å²) < 4.78 is 0. The van der Waals surface area contributed by atoms with Gasteiger partial charge in [-0.2, -0.15) is 0 Å². The molecule has 0 bridgehead atoms. The molecular weight excluding hydrogens is 320 g/mol. The van der Waals surface area contributed by atoms with Crippen LogP contribution in [0.1, 0.15) is 80.3 Å². The molecule has 0 saturated heterocycles. The summed E-state index contributed by atoms with van der Waals surface area (Å²) in [4.78, 5) is 11.7. The fraction of sp³-hybridized carbons (Fsp3) is 0.458. The zero-order valence-corrected chi connectivity index (χ0v) is 16.3. The third kappa shape index (κ3) is 5.72. The Balaban J connectivity index is 2.23. The second kappa shape index (κ2) is 10.8. The second-order valence-electron chi connectivity index (χ2n) is 7.10. The van der Waals surface area contributed by atoms with Crippen LogP contribution in [0.25, 0.3) is 11.1 Å². The Hall–Kier alpha value is -2.09. The van der Waals surface area contributed by atoms with Gasteiger partial charge in [-0.1, -0.05) is 82.3 Å². The molecule has 0 fully saturated rings. The lowest BCUT2D eigenvalue weighted by Crippen LogP contribution is -2.04. The lowest BCUT2D eigenvalue weighted by molar-refractivity contribution is 0.0695. The molecule has 2 rings (SSSR count). The van der Waals surface area contributed by atoms with Gasteiger partial charge in [-0.3, -0.25) is 0 Å². The summed E-state index contributed by atoms with van der Waals surface area (Å²) in [6.45, 7) is 4.42. The largest absolute Gasteiger partial charge is 0.478 e. The predicted molar refractivity (Wildman–Crippen MR) is 110 cm³/mol. The SMILES string of the molecule is CCCCCCCc1c(C(=O)O)cccc1-c1ccc(CCCC)cc1. The van der Waals surface area contributed by atoms with Crippen LogP contribution in [0.2, 0.25) is 0 Å². The Morgan fingerprint density at radius 1 is 0.808 bits per heavy atom. The molecule has 0 aliphatic carbocycles. The molecule has 0 aliphatic rings. The number of carboxylic acid groups (broad SMARTS) is 1. The number of benzene rings is 2. The number of aryl methyl sites for hydroxylation is 1. The number of carboxylic acids is 1. The highest BCUT2D eigenvalue weighted by Crippen LogP contribution is 2.29. The van der Waals surface area contributed by atoms with Crippen molar-refractivity contribution in [2.75, 3.05) is 0 Å². The summed E-state index contributed by atoms with van der Waals surface area (Å²) in [7, 11) is 0. The average Bonchev–Trinajstić information content (AvgIpc) is 2.66. The van der Waals surface area contributed by atoms with Crippen LogP contribution in [0.4, 0.5) is 0 Å². The smallest absolute Gasteiger partial charge is 0.335 e. The van der Waals surface area contributed by atoms with Crippen LogP contribution in [-0.4, -0.2) is 11.1 Å². The van der Waals surface area contributed by atoms with Crippen molar-refractivity contribution in [3.63, 3.8) is 0 Å². The van der Waals surface area contributed by atoms with Crippen LogP contribution >= 0.6 is 0 Å². The van der Waals surface area contributed by atoms with Gasteiger partial charge in [-0.05, 0) is 54.0 Å². The molecule has 2 aromatic carbocycles. The molecule has 0 aliphatic heterocycles.